The highest BCUT2D eigenvalue weighted by atomic mass is 35.5. The predicted molar refractivity (Wildman–Crippen MR) is 89.5 cm³/mol. The van der Waals surface area contributed by atoms with Crippen molar-refractivity contribution in [2.45, 2.75) is 12.8 Å². The molecule has 4 heteroatoms. The Hall–Kier alpha value is -2.39. The number of rotatable bonds is 5. The van der Waals surface area contributed by atoms with Gasteiger partial charge in [-0.25, -0.2) is 9.97 Å². The summed E-state index contributed by atoms with van der Waals surface area (Å²) in [5.41, 5.74) is 2.94. The van der Waals surface area contributed by atoms with Crippen LogP contribution in [0.3, 0.4) is 0 Å². The first-order valence-electron chi connectivity index (χ1n) is 7.10. The van der Waals surface area contributed by atoms with Gasteiger partial charge in [0, 0.05) is 5.69 Å². The number of anilines is 2. The number of hydrogen-bond acceptors (Lipinski definition) is 3. The first-order valence-corrected chi connectivity index (χ1v) is 7.48. The summed E-state index contributed by atoms with van der Waals surface area (Å²) >= 11 is 6.20. The molecule has 109 valence electrons. The molecule has 0 unspecified atom stereocenters. The van der Waals surface area contributed by atoms with Gasteiger partial charge < -0.3 is 5.32 Å². The maximum atomic E-state index is 6.20. The van der Waals surface area contributed by atoms with Gasteiger partial charge in [0.05, 0.1) is 16.9 Å². The third-order valence-corrected chi connectivity index (χ3v) is 3.57. The van der Waals surface area contributed by atoms with Crippen molar-refractivity contribution in [3.8, 4) is 0 Å². The van der Waals surface area contributed by atoms with E-state index in [1.54, 1.807) is 6.20 Å². The van der Waals surface area contributed by atoms with E-state index in [-0.39, 0.29) is 0 Å². The maximum Gasteiger partial charge on any atom is 0.227 e. The number of aryl methyl sites for hydroxylation is 2. The second kappa shape index (κ2) is 7.05. The molecule has 3 aromatic rings. The molecule has 0 amide bonds. The average molecular weight is 309 g/mol. The molecule has 0 atom stereocenters. The van der Waals surface area contributed by atoms with Crippen molar-refractivity contribution >= 4 is 23.2 Å². The van der Waals surface area contributed by atoms with E-state index in [2.05, 4.69) is 27.4 Å². The molecule has 0 bridgehead atoms. The number of hydrogen-bond donors (Lipinski definition) is 1. The summed E-state index contributed by atoms with van der Waals surface area (Å²) < 4.78 is 0. The van der Waals surface area contributed by atoms with Crippen molar-refractivity contribution in [1.29, 1.82) is 0 Å². The monoisotopic (exact) mass is 308 g/mol. The zero-order valence-corrected chi connectivity index (χ0v) is 12.7. The number of nitrogens with zero attached hydrogens (tertiary/aromatic N) is 2. The SMILES string of the molecule is Clc1cnc(Nc2ccccc2)nc1CCc1[c]cccc1. The summed E-state index contributed by atoms with van der Waals surface area (Å²) in [5, 5.41) is 3.77. The Balaban J connectivity index is 1.72. The number of nitrogens with one attached hydrogen (secondary N) is 1. The highest BCUT2D eigenvalue weighted by Gasteiger charge is 2.06. The minimum Gasteiger partial charge on any atom is -0.324 e. The lowest BCUT2D eigenvalue weighted by atomic mass is 10.1. The van der Waals surface area contributed by atoms with E-state index in [1.165, 1.54) is 0 Å². The van der Waals surface area contributed by atoms with E-state index in [1.807, 2.05) is 48.5 Å². The predicted octanol–water partition coefficient (Wildman–Crippen LogP) is 4.46. The van der Waals surface area contributed by atoms with Crippen molar-refractivity contribution in [1.82, 2.24) is 9.97 Å². The lowest BCUT2D eigenvalue weighted by Gasteiger charge is -2.08. The van der Waals surface area contributed by atoms with Gasteiger partial charge in [0.1, 0.15) is 0 Å². The van der Waals surface area contributed by atoms with E-state index in [0.717, 1.165) is 29.8 Å². The third kappa shape index (κ3) is 3.83. The van der Waals surface area contributed by atoms with Crippen LogP contribution in [-0.4, -0.2) is 9.97 Å². The summed E-state index contributed by atoms with van der Waals surface area (Å²) in [6.45, 7) is 0. The summed E-state index contributed by atoms with van der Waals surface area (Å²) in [6, 6.07) is 21.0. The second-order valence-electron chi connectivity index (χ2n) is 4.87. The minimum absolute atomic E-state index is 0.558. The van der Waals surface area contributed by atoms with E-state index in [4.69, 9.17) is 11.6 Å². The van der Waals surface area contributed by atoms with Gasteiger partial charge in [0.25, 0.3) is 0 Å². The minimum atomic E-state index is 0.558. The number of para-hydroxylation sites is 1. The van der Waals surface area contributed by atoms with Crippen LogP contribution in [0, 0.1) is 6.07 Å². The Morgan fingerprint density at radius 2 is 1.82 bits per heavy atom. The molecule has 1 N–H and O–H groups in total. The summed E-state index contributed by atoms with van der Waals surface area (Å²) in [7, 11) is 0. The van der Waals surface area contributed by atoms with Gasteiger partial charge in [0.2, 0.25) is 5.95 Å². The Morgan fingerprint density at radius 3 is 2.59 bits per heavy atom. The Bertz CT molecular complexity index is 730. The first-order chi connectivity index (χ1) is 10.8. The van der Waals surface area contributed by atoms with Gasteiger partial charge >= 0.3 is 0 Å². The number of aromatic nitrogens is 2. The van der Waals surface area contributed by atoms with Crippen LogP contribution in [-0.2, 0) is 12.8 Å². The molecule has 0 aliphatic heterocycles. The molecule has 1 aromatic heterocycles. The number of benzene rings is 2. The van der Waals surface area contributed by atoms with Gasteiger partial charge in [-0.1, -0.05) is 54.1 Å². The highest BCUT2D eigenvalue weighted by molar-refractivity contribution is 6.31. The molecule has 3 nitrogen and oxygen atoms in total. The molecule has 0 saturated carbocycles. The van der Waals surface area contributed by atoms with Crippen LogP contribution in [0.2, 0.25) is 5.02 Å². The van der Waals surface area contributed by atoms with Crippen molar-refractivity contribution in [2.75, 3.05) is 5.32 Å². The second-order valence-corrected chi connectivity index (χ2v) is 5.27. The summed E-state index contributed by atoms with van der Waals surface area (Å²) in [6.07, 6.45) is 3.25. The van der Waals surface area contributed by atoms with Crippen LogP contribution < -0.4 is 5.32 Å². The quantitative estimate of drug-likeness (QED) is 0.756. The molecular weight excluding hydrogens is 294 g/mol. The first kappa shape index (κ1) is 14.5. The Labute approximate surface area is 135 Å². The van der Waals surface area contributed by atoms with Crippen LogP contribution in [0.25, 0.3) is 0 Å². The summed E-state index contributed by atoms with van der Waals surface area (Å²) in [5.74, 6) is 0.558. The smallest absolute Gasteiger partial charge is 0.227 e. The van der Waals surface area contributed by atoms with Crippen LogP contribution >= 0.6 is 11.6 Å². The average Bonchev–Trinajstić information content (AvgIpc) is 2.57. The standard InChI is InChI=1S/C18H15ClN3/c19-16-13-20-18(21-15-9-5-2-6-10-15)22-17(16)12-11-14-7-3-1-4-8-14/h1-7,9-10,13H,11-12H2,(H,20,21,22). The van der Waals surface area contributed by atoms with Gasteiger partial charge in [-0.05, 0) is 36.6 Å². The van der Waals surface area contributed by atoms with E-state index < -0.39 is 0 Å². The lowest BCUT2D eigenvalue weighted by Crippen LogP contribution is -2.02. The van der Waals surface area contributed by atoms with Crippen molar-refractivity contribution < 1.29 is 0 Å². The van der Waals surface area contributed by atoms with E-state index in [0.29, 0.717) is 11.0 Å². The fourth-order valence-electron chi connectivity index (χ4n) is 2.13. The molecule has 1 radical (unpaired) electrons. The largest absolute Gasteiger partial charge is 0.324 e. The molecule has 0 aliphatic rings. The maximum absolute atomic E-state index is 6.20. The van der Waals surface area contributed by atoms with Gasteiger partial charge in [-0.3, -0.25) is 0 Å². The zero-order chi connectivity index (χ0) is 15.2. The normalized spacial score (nSPS) is 10.4. The van der Waals surface area contributed by atoms with E-state index in [9.17, 15) is 0 Å². The molecule has 0 saturated heterocycles. The fraction of sp³-hybridized carbons (Fsp3) is 0.111. The molecule has 3 rings (SSSR count). The Morgan fingerprint density at radius 1 is 1.00 bits per heavy atom. The summed E-state index contributed by atoms with van der Waals surface area (Å²) in [4.78, 5) is 8.74. The molecule has 2 aromatic carbocycles. The number of halogens is 1. The van der Waals surface area contributed by atoms with Gasteiger partial charge in [-0.15, -0.1) is 0 Å². The van der Waals surface area contributed by atoms with Gasteiger partial charge in [0.15, 0.2) is 0 Å². The zero-order valence-electron chi connectivity index (χ0n) is 12.0. The van der Waals surface area contributed by atoms with Crippen LogP contribution in [0.1, 0.15) is 11.3 Å². The molecule has 0 aliphatic carbocycles. The van der Waals surface area contributed by atoms with Crippen LogP contribution in [0.5, 0.6) is 0 Å². The third-order valence-electron chi connectivity index (χ3n) is 3.25. The van der Waals surface area contributed by atoms with Crippen LogP contribution in [0.15, 0.2) is 60.8 Å². The lowest BCUT2D eigenvalue weighted by molar-refractivity contribution is 0.903. The van der Waals surface area contributed by atoms with Crippen molar-refractivity contribution in [2.24, 2.45) is 0 Å². The van der Waals surface area contributed by atoms with Crippen molar-refractivity contribution in [3.05, 3.63) is 83.1 Å². The highest BCUT2D eigenvalue weighted by Crippen LogP contribution is 2.18. The topological polar surface area (TPSA) is 37.8 Å². The molecule has 22 heavy (non-hydrogen) atoms. The Kier molecular flexibility index (Phi) is 4.66. The molecule has 1 heterocycles. The molecule has 0 fully saturated rings. The van der Waals surface area contributed by atoms with Gasteiger partial charge in [-0.2, -0.15) is 0 Å². The molecular formula is C18H15ClN3. The molecule has 0 spiro atoms. The van der Waals surface area contributed by atoms with Crippen molar-refractivity contribution in [3.63, 3.8) is 0 Å². The van der Waals surface area contributed by atoms with E-state index >= 15 is 0 Å². The fourth-order valence-corrected chi connectivity index (χ4v) is 2.31. The van der Waals surface area contributed by atoms with Crippen LogP contribution in [0.4, 0.5) is 11.6 Å².